The zero-order valence-corrected chi connectivity index (χ0v) is 15.4. The minimum absolute atomic E-state index is 0.00377. The number of rotatable bonds is 6. The summed E-state index contributed by atoms with van der Waals surface area (Å²) in [5.74, 6) is -0.101. The van der Waals surface area contributed by atoms with Crippen LogP contribution in [0.15, 0.2) is 53.4 Å². The first-order valence-electron chi connectivity index (χ1n) is 7.63. The van der Waals surface area contributed by atoms with Crippen LogP contribution in [0.25, 0.3) is 0 Å². The van der Waals surface area contributed by atoms with Gasteiger partial charge in [0.1, 0.15) is 5.75 Å². The van der Waals surface area contributed by atoms with E-state index < -0.39 is 22.0 Å². The Bertz CT molecular complexity index is 863. The Morgan fingerprint density at radius 2 is 1.64 bits per heavy atom. The molecule has 2 rings (SSSR count). The van der Waals surface area contributed by atoms with E-state index in [-0.39, 0.29) is 10.5 Å². The highest BCUT2D eigenvalue weighted by Crippen LogP contribution is 2.32. The van der Waals surface area contributed by atoms with Crippen LogP contribution in [0.3, 0.4) is 0 Å². The number of carbonyl (C=O) groups is 1. The van der Waals surface area contributed by atoms with Gasteiger partial charge in [-0.05, 0) is 25.1 Å². The van der Waals surface area contributed by atoms with Gasteiger partial charge in [0.2, 0.25) is 10.0 Å². The highest BCUT2D eigenvalue weighted by molar-refractivity contribution is 7.89. The second-order valence-electron chi connectivity index (χ2n) is 5.43. The van der Waals surface area contributed by atoms with Gasteiger partial charge in [-0.25, -0.2) is 13.2 Å². The SMILES string of the molecule is COC(=O)c1ccccc1S(=O)(=O)N(C)[C@@H](C)c1ccccc1OC. The zero-order chi connectivity index (χ0) is 18.6. The molecule has 0 spiro atoms. The van der Waals surface area contributed by atoms with Gasteiger partial charge in [0.15, 0.2) is 0 Å². The first kappa shape index (κ1) is 19.0. The summed E-state index contributed by atoms with van der Waals surface area (Å²) >= 11 is 0. The molecule has 0 bridgehead atoms. The fourth-order valence-corrected chi connectivity index (χ4v) is 4.06. The van der Waals surface area contributed by atoms with Crippen molar-refractivity contribution in [2.24, 2.45) is 0 Å². The van der Waals surface area contributed by atoms with Gasteiger partial charge in [0.25, 0.3) is 0 Å². The normalized spacial score (nSPS) is 12.7. The molecule has 0 aromatic heterocycles. The molecule has 0 radical (unpaired) electrons. The third kappa shape index (κ3) is 3.67. The quantitative estimate of drug-likeness (QED) is 0.738. The Kier molecular flexibility index (Phi) is 5.81. The lowest BCUT2D eigenvalue weighted by Crippen LogP contribution is -2.31. The van der Waals surface area contributed by atoms with Gasteiger partial charge in [-0.3, -0.25) is 0 Å². The van der Waals surface area contributed by atoms with Crippen molar-refractivity contribution in [1.29, 1.82) is 0 Å². The highest BCUT2D eigenvalue weighted by atomic mass is 32.2. The molecule has 6 nitrogen and oxygen atoms in total. The minimum Gasteiger partial charge on any atom is -0.496 e. The molecule has 2 aromatic carbocycles. The number of hydrogen-bond donors (Lipinski definition) is 0. The fraction of sp³-hybridized carbons (Fsp3) is 0.278. The molecule has 134 valence electrons. The number of benzene rings is 2. The summed E-state index contributed by atoms with van der Waals surface area (Å²) in [6, 6.07) is 12.7. The Morgan fingerprint density at radius 1 is 1.04 bits per heavy atom. The van der Waals surface area contributed by atoms with Gasteiger partial charge in [0, 0.05) is 12.6 Å². The van der Waals surface area contributed by atoms with E-state index in [4.69, 9.17) is 9.47 Å². The average Bonchev–Trinajstić information content (AvgIpc) is 2.65. The highest BCUT2D eigenvalue weighted by Gasteiger charge is 2.31. The summed E-state index contributed by atoms with van der Waals surface area (Å²) < 4.78 is 37.4. The summed E-state index contributed by atoms with van der Waals surface area (Å²) in [5, 5.41) is 0. The molecule has 1 atom stereocenters. The molecule has 0 aliphatic heterocycles. The lowest BCUT2D eigenvalue weighted by Gasteiger charge is -2.26. The number of hydrogen-bond acceptors (Lipinski definition) is 5. The van der Waals surface area contributed by atoms with Crippen molar-refractivity contribution in [3.63, 3.8) is 0 Å². The first-order valence-corrected chi connectivity index (χ1v) is 9.07. The van der Waals surface area contributed by atoms with Crippen molar-refractivity contribution in [3.05, 3.63) is 59.7 Å². The molecule has 0 aliphatic carbocycles. The van der Waals surface area contributed by atoms with E-state index >= 15 is 0 Å². The van der Waals surface area contributed by atoms with Crippen molar-refractivity contribution in [1.82, 2.24) is 4.31 Å². The van der Waals surface area contributed by atoms with E-state index in [1.54, 1.807) is 25.1 Å². The van der Waals surface area contributed by atoms with Crippen LogP contribution in [0.1, 0.15) is 28.9 Å². The van der Waals surface area contributed by atoms with Crippen molar-refractivity contribution in [3.8, 4) is 5.75 Å². The number of esters is 1. The van der Waals surface area contributed by atoms with E-state index in [0.717, 1.165) is 5.56 Å². The monoisotopic (exact) mass is 363 g/mol. The number of carbonyl (C=O) groups excluding carboxylic acids is 1. The van der Waals surface area contributed by atoms with Crippen LogP contribution in [0.5, 0.6) is 5.75 Å². The van der Waals surface area contributed by atoms with E-state index in [9.17, 15) is 13.2 Å². The summed E-state index contributed by atoms with van der Waals surface area (Å²) in [5.41, 5.74) is 0.732. The Morgan fingerprint density at radius 3 is 2.28 bits per heavy atom. The van der Waals surface area contributed by atoms with Crippen LogP contribution in [0.2, 0.25) is 0 Å². The molecule has 25 heavy (non-hydrogen) atoms. The Labute approximate surface area is 148 Å². The van der Waals surface area contributed by atoms with Crippen LogP contribution in [-0.2, 0) is 14.8 Å². The molecular weight excluding hydrogens is 342 g/mol. The standard InChI is InChI=1S/C18H21NO5S/c1-13(14-9-5-7-11-16(14)23-3)19(2)25(21,22)17-12-8-6-10-15(17)18(20)24-4/h5-13H,1-4H3/t13-/m0/s1. The fourth-order valence-electron chi connectivity index (χ4n) is 2.54. The van der Waals surface area contributed by atoms with Gasteiger partial charge >= 0.3 is 5.97 Å². The number of ether oxygens (including phenoxy) is 2. The number of para-hydroxylation sites is 1. The lowest BCUT2D eigenvalue weighted by atomic mass is 10.1. The van der Waals surface area contributed by atoms with Crippen molar-refractivity contribution < 1.29 is 22.7 Å². The molecule has 0 unspecified atom stereocenters. The number of sulfonamides is 1. The van der Waals surface area contributed by atoms with Gasteiger partial charge in [-0.1, -0.05) is 30.3 Å². The van der Waals surface area contributed by atoms with Crippen molar-refractivity contribution in [2.75, 3.05) is 21.3 Å². The third-order valence-corrected chi connectivity index (χ3v) is 6.07. The van der Waals surface area contributed by atoms with Crippen LogP contribution in [0, 0.1) is 0 Å². The molecule has 7 heteroatoms. The van der Waals surface area contributed by atoms with Crippen LogP contribution >= 0.6 is 0 Å². The predicted molar refractivity (Wildman–Crippen MR) is 94.1 cm³/mol. The van der Waals surface area contributed by atoms with E-state index in [1.165, 1.54) is 37.7 Å². The topological polar surface area (TPSA) is 72.9 Å². The van der Waals surface area contributed by atoms with Crippen molar-refractivity contribution in [2.45, 2.75) is 17.9 Å². The van der Waals surface area contributed by atoms with Gasteiger partial charge in [0.05, 0.1) is 30.7 Å². The van der Waals surface area contributed by atoms with Crippen molar-refractivity contribution >= 4 is 16.0 Å². The zero-order valence-electron chi connectivity index (χ0n) is 14.6. The largest absolute Gasteiger partial charge is 0.496 e. The maximum absolute atomic E-state index is 13.1. The molecule has 0 amide bonds. The summed E-state index contributed by atoms with van der Waals surface area (Å²) in [7, 11) is 0.302. The second-order valence-corrected chi connectivity index (χ2v) is 7.39. The third-order valence-electron chi connectivity index (χ3n) is 4.08. The maximum atomic E-state index is 13.1. The molecule has 0 N–H and O–H groups in total. The predicted octanol–water partition coefficient (Wildman–Crippen LogP) is 2.86. The smallest absolute Gasteiger partial charge is 0.339 e. The van der Waals surface area contributed by atoms with Crippen LogP contribution in [0.4, 0.5) is 0 Å². The summed E-state index contributed by atoms with van der Waals surface area (Å²) in [6.45, 7) is 1.76. The average molecular weight is 363 g/mol. The molecule has 0 saturated carbocycles. The van der Waals surface area contributed by atoms with E-state index in [1.807, 2.05) is 18.2 Å². The second kappa shape index (κ2) is 7.67. The molecule has 2 aromatic rings. The molecule has 0 aliphatic rings. The molecule has 0 fully saturated rings. The van der Waals surface area contributed by atoms with Crippen LogP contribution < -0.4 is 4.74 Å². The Balaban J connectivity index is 2.48. The Hall–Kier alpha value is -2.38. The van der Waals surface area contributed by atoms with Gasteiger partial charge < -0.3 is 9.47 Å². The summed E-state index contributed by atoms with van der Waals surface area (Å²) in [6.07, 6.45) is 0. The first-order chi connectivity index (χ1) is 11.8. The molecule has 0 heterocycles. The van der Waals surface area contributed by atoms with Gasteiger partial charge in [-0.2, -0.15) is 4.31 Å². The minimum atomic E-state index is -3.92. The number of methoxy groups -OCH3 is 2. The molecular formula is C18H21NO5S. The molecule has 0 saturated heterocycles. The summed E-state index contributed by atoms with van der Waals surface area (Å²) in [4.78, 5) is 11.8. The maximum Gasteiger partial charge on any atom is 0.339 e. The van der Waals surface area contributed by atoms with Crippen LogP contribution in [-0.4, -0.2) is 40.0 Å². The van der Waals surface area contributed by atoms with E-state index in [2.05, 4.69) is 0 Å². The van der Waals surface area contributed by atoms with Gasteiger partial charge in [-0.15, -0.1) is 0 Å². The number of nitrogens with zero attached hydrogens (tertiary/aromatic N) is 1. The van der Waals surface area contributed by atoms with E-state index in [0.29, 0.717) is 5.75 Å². The lowest BCUT2D eigenvalue weighted by molar-refractivity contribution is 0.0596.